The molecule has 2 rings (SSSR count). The largest absolute Gasteiger partial charge is 0.265 e. The number of fused-ring (bicyclic) bond motifs is 1. The van der Waals surface area contributed by atoms with Crippen LogP contribution in [-0.2, 0) is 6.42 Å². The standard InChI is InChI=1S/C11H9BrN2O2/c12-11-6-8(2-4-14(15)16)5-9-1-3-13-7-10(9)11/h1,3,5-7H,2,4H2. The van der Waals surface area contributed by atoms with Crippen LogP contribution in [0.5, 0.6) is 0 Å². The van der Waals surface area contributed by atoms with Crippen molar-refractivity contribution >= 4 is 26.7 Å². The second kappa shape index (κ2) is 4.57. The molecule has 1 heterocycles. The van der Waals surface area contributed by atoms with Gasteiger partial charge in [-0.25, -0.2) is 0 Å². The van der Waals surface area contributed by atoms with Gasteiger partial charge in [-0.05, 0) is 23.1 Å². The van der Waals surface area contributed by atoms with Crippen LogP contribution >= 0.6 is 15.9 Å². The van der Waals surface area contributed by atoms with Crippen molar-refractivity contribution in [1.82, 2.24) is 4.98 Å². The van der Waals surface area contributed by atoms with Crippen molar-refractivity contribution in [2.24, 2.45) is 0 Å². The van der Waals surface area contributed by atoms with Gasteiger partial charge in [0, 0.05) is 33.6 Å². The summed E-state index contributed by atoms with van der Waals surface area (Å²) >= 11 is 3.44. The van der Waals surface area contributed by atoms with Gasteiger partial charge in [-0.15, -0.1) is 0 Å². The number of rotatable bonds is 3. The molecule has 0 atom stereocenters. The molecule has 1 aromatic heterocycles. The fourth-order valence-corrected chi connectivity index (χ4v) is 2.20. The Balaban J connectivity index is 2.38. The zero-order chi connectivity index (χ0) is 11.5. The van der Waals surface area contributed by atoms with Gasteiger partial charge in [0.2, 0.25) is 6.54 Å². The molecule has 0 unspecified atom stereocenters. The third-order valence-electron chi connectivity index (χ3n) is 2.35. The first-order valence-corrected chi connectivity index (χ1v) is 5.60. The average molecular weight is 281 g/mol. The summed E-state index contributed by atoms with van der Waals surface area (Å²) in [6, 6.07) is 5.77. The summed E-state index contributed by atoms with van der Waals surface area (Å²) in [4.78, 5) is 14.0. The van der Waals surface area contributed by atoms with Gasteiger partial charge in [0.1, 0.15) is 0 Å². The molecule has 4 nitrogen and oxygen atoms in total. The van der Waals surface area contributed by atoms with Crippen molar-refractivity contribution in [1.29, 1.82) is 0 Å². The van der Waals surface area contributed by atoms with E-state index < -0.39 is 0 Å². The lowest BCUT2D eigenvalue weighted by atomic mass is 10.1. The summed E-state index contributed by atoms with van der Waals surface area (Å²) in [5.41, 5.74) is 0.960. The van der Waals surface area contributed by atoms with E-state index in [-0.39, 0.29) is 11.5 Å². The Kier molecular flexibility index (Phi) is 3.14. The summed E-state index contributed by atoms with van der Waals surface area (Å²) in [7, 11) is 0. The predicted octanol–water partition coefficient (Wildman–Crippen LogP) is 2.82. The lowest BCUT2D eigenvalue weighted by Gasteiger charge is -2.03. The molecule has 0 aliphatic heterocycles. The topological polar surface area (TPSA) is 56.0 Å². The summed E-state index contributed by atoms with van der Waals surface area (Å²) in [5.74, 6) is 0. The molecule has 2 aromatic rings. The Bertz CT molecular complexity index is 542. The fraction of sp³-hybridized carbons (Fsp3) is 0.182. The molecular formula is C11H9BrN2O2. The molecule has 0 amide bonds. The van der Waals surface area contributed by atoms with Crippen molar-refractivity contribution in [2.45, 2.75) is 6.42 Å². The Hall–Kier alpha value is -1.49. The molecule has 0 bridgehead atoms. The van der Waals surface area contributed by atoms with Crippen LogP contribution in [-0.4, -0.2) is 16.5 Å². The fourth-order valence-electron chi connectivity index (χ4n) is 1.58. The number of hydrogen-bond donors (Lipinski definition) is 0. The third-order valence-corrected chi connectivity index (χ3v) is 3.00. The highest BCUT2D eigenvalue weighted by molar-refractivity contribution is 9.10. The Morgan fingerprint density at radius 3 is 3.00 bits per heavy atom. The average Bonchev–Trinajstić information content (AvgIpc) is 2.26. The molecule has 5 heteroatoms. The lowest BCUT2D eigenvalue weighted by molar-refractivity contribution is -0.479. The number of aromatic nitrogens is 1. The molecule has 16 heavy (non-hydrogen) atoms. The van der Waals surface area contributed by atoms with Crippen LogP contribution in [0.2, 0.25) is 0 Å². The van der Waals surface area contributed by atoms with Gasteiger partial charge >= 0.3 is 0 Å². The van der Waals surface area contributed by atoms with Crippen LogP contribution in [0, 0.1) is 10.1 Å². The molecule has 0 saturated carbocycles. The first kappa shape index (κ1) is 11.0. The number of hydrogen-bond acceptors (Lipinski definition) is 3. The monoisotopic (exact) mass is 280 g/mol. The van der Waals surface area contributed by atoms with Gasteiger partial charge in [-0.1, -0.05) is 22.0 Å². The van der Waals surface area contributed by atoms with Gasteiger partial charge < -0.3 is 0 Å². The molecule has 0 aliphatic rings. The molecule has 0 aliphatic carbocycles. The van der Waals surface area contributed by atoms with E-state index in [2.05, 4.69) is 20.9 Å². The highest BCUT2D eigenvalue weighted by Crippen LogP contribution is 2.25. The maximum absolute atomic E-state index is 10.3. The number of halogens is 1. The molecule has 1 aromatic carbocycles. The maximum Gasteiger partial charge on any atom is 0.207 e. The smallest absolute Gasteiger partial charge is 0.207 e. The molecule has 0 radical (unpaired) electrons. The van der Waals surface area contributed by atoms with Crippen molar-refractivity contribution in [3.05, 3.63) is 50.7 Å². The first-order chi connectivity index (χ1) is 7.66. The Morgan fingerprint density at radius 1 is 1.44 bits per heavy atom. The lowest BCUT2D eigenvalue weighted by Crippen LogP contribution is -2.03. The first-order valence-electron chi connectivity index (χ1n) is 4.81. The van der Waals surface area contributed by atoms with Crippen LogP contribution in [0.25, 0.3) is 10.8 Å². The van der Waals surface area contributed by atoms with E-state index in [0.717, 1.165) is 20.8 Å². The molecule has 0 saturated heterocycles. The maximum atomic E-state index is 10.3. The zero-order valence-corrected chi connectivity index (χ0v) is 9.98. The normalized spacial score (nSPS) is 10.6. The Morgan fingerprint density at radius 2 is 2.25 bits per heavy atom. The minimum absolute atomic E-state index is 0.0387. The van der Waals surface area contributed by atoms with Crippen molar-refractivity contribution < 1.29 is 4.92 Å². The van der Waals surface area contributed by atoms with Crippen LogP contribution in [0.4, 0.5) is 0 Å². The van der Waals surface area contributed by atoms with Gasteiger partial charge in [-0.2, -0.15) is 0 Å². The van der Waals surface area contributed by atoms with Crippen molar-refractivity contribution in [2.75, 3.05) is 6.54 Å². The minimum Gasteiger partial charge on any atom is -0.265 e. The van der Waals surface area contributed by atoms with E-state index in [0.29, 0.717) is 6.42 Å². The van der Waals surface area contributed by atoms with E-state index in [9.17, 15) is 10.1 Å². The molecule has 0 spiro atoms. The van der Waals surface area contributed by atoms with Crippen LogP contribution in [0.1, 0.15) is 5.56 Å². The van der Waals surface area contributed by atoms with Crippen molar-refractivity contribution in [3.8, 4) is 0 Å². The zero-order valence-electron chi connectivity index (χ0n) is 8.39. The van der Waals surface area contributed by atoms with Gasteiger partial charge in [0.05, 0.1) is 0 Å². The highest BCUT2D eigenvalue weighted by atomic mass is 79.9. The number of pyridine rings is 1. The third kappa shape index (κ3) is 2.36. The molecule has 0 fully saturated rings. The highest BCUT2D eigenvalue weighted by Gasteiger charge is 2.04. The van der Waals surface area contributed by atoms with E-state index in [1.807, 2.05) is 18.2 Å². The summed E-state index contributed by atoms with van der Waals surface area (Å²) < 4.78 is 0.927. The van der Waals surface area contributed by atoms with E-state index >= 15 is 0 Å². The summed E-state index contributed by atoms with van der Waals surface area (Å²) in [6.07, 6.45) is 3.94. The van der Waals surface area contributed by atoms with Crippen molar-refractivity contribution in [3.63, 3.8) is 0 Å². The second-order valence-corrected chi connectivity index (χ2v) is 4.34. The summed E-state index contributed by atoms with van der Waals surface area (Å²) in [5, 5.41) is 12.4. The Labute approximate surface area is 101 Å². The number of nitro groups is 1. The van der Waals surface area contributed by atoms with E-state index in [1.165, 1.54) is 0 Å². The predicted molar refractivity (Wildman–Crippen MR) is 65.0 cm³/mol. The van der Waals surface area contributed by atoms with Crippen LogP contribution in [0.3, 0.4) is 0 Å². The van der Waals surface area contributed by atoms with Gasteiger partial charge in [0.15, 0.2) is 0 Å². The number of benzene rings is 1. The molecule has 0 N–H and O–H groups in total. The molecule has 82 valence electrons. The van der Waals surface area contributed by atoms with Crippen LogP contribution in [0.15, 0.2) is 35.1 Å². The van der Waals surface area contributed by atoms with Gasteiger partial charge in [-0.3, -0.25) is 15.1 Å². The minimum atomic E-state index is -0.301. The van der Waals surface area contributed by atoms with E-state index in [1.54, 1.807) is 12.4 Å². The quantitative estimate of drug-likeness (QED) is 0.642. The molecular weight excluding hydrogens is 272 g/mol. The second-order valence-electron chi connectivity index (χ2n) is 3.48. The van der Waals surface area contributed by atoms with Gasteiger partial charge in [0.25, 0.3) is 0 Å². The number of nitrogens with zero attached hydrogens (tertiary/aromatic N) is 2. The SMILES string of the molecule is O=[N+]([O-])CCc1cc(Br)c2cnccc2c1. The summed E-state index contributed by atoms with van der Waals surface area (Å²) in [6.45, 7) is -0.0387. The van der Waals surface area contributed by atoms with Crippen LogP contribution < -0.4 is 0 Å². The van der Waals surface area contributed by atoms with E-state index in [4.69, 9.17) is 0 Å².